The third kappa shape index (κ3) is 7.30. The van der Waals surface area contributed by atoms with E-state index in [1.807, 2.05) is 62.4 Å². The van der Waals surface area contributed by atoms with Crippen molar-refractivity contribution >= 4 is 34.4 Å². The fourth-order valence-electron chi connectivity index (χ4n) is 3.91. The zero-order valence-corrected chi connectivity index (χ0v) is 21.7. The number of aliphatic hydroxyl groups excluding tert-OH is 1. The molecule has 0 heterocycles. The molecule has 8 nitrogen and oxygen atoms in total. The average molecular weight is 507 g/mol. The first-order valence-corrected chi connectivity index (χ1v) is 12.5. The molecule has 3 aromatic carbocycles. The van der Waals surface area contributed by atoms with E-state index in [0.29, 0.717) is 11.3 Å². The number of benzene rings is 3. The minimum Gasteiger partial charge on any atom is -0.464 e. The standard InChI is InChI=1S/C29H34N2O6/c1-5-26(33)37-27-23(22-15-14-20-10-7-8-11-21(20)16-22)12-9-13-24(27)30-29(35)31(17-19(3)4)18-25(32)28(34)36-6-2/h7-16,19,25,32H,5-6,17-18H2,1-4H3,(H,30,35). The summed E-state index contributed by atoms with van der Waals surface area (Å²) in [5, 5.41) is 15.2. The molecule has 0 radical (unpaired) electrons. The molecule has 196 valence electrons. The quantitative estimate of drug-likeness (QED) is 0.288. The Morgan fingerprint density at radius 1 is 0.946 bits per heavy atom. The van der Waals surface area contributed by atoms with Crippen molar-refractivity contribution in [3.8, 4) is 16.9 Å². The molecule has 0 aliphatic carbocycles. The first kappa shape index (κ1) is 27.7. The summed E-state index contributed by atoms with van der Waals surface area (Å²) < 4.78 is 10.6. The molecule has 0 aliphatic rings. The lowest BCUT2D eigenvalue weighted by Crippen LogP contribution is -2.45. The van der Waals surface area contributed by atoms with Crippen LogP contribution in [0, 0.1) is 5.92 Å². The van der Waals surface area contributed by atoms with Crippen LogP contribution in [0.15, 0.2) is 60.7 Å². The third-order valence-electron chi connectivity index (χ3n) is 5.65. The minimum absolute atomic E-state index is 0.0708. The SMILES string of the molecule is CCOC(=O)C(O)CN(CC(C)C)C(=O)Nc1cccc(-c2ccc3ccccc3c2)c1OC(=O)CC. The highest BCUT2D eigenvalue weighted by Gasteiger charge is 2.25. The van der Waals surface area contributed by atoms with E-state index in [0.717, 1.165) is 16.3 Å². The van der Waals surface area contributed by atoms with E-state index in [-0.39, 0.29) is 37.8 Å². The van der Waals surface area contributed by atoms with Crippen LogP contribution >= 0.6 is 0 Å². The monoisotopic (exact) mass is 506 g/mol. The molecular formula is C29H34N2O6. The second-order valence-electron chi connectivity index (χ2n) is 9.07. The minimum atomic E-state index is -1.48. The molecule has 0 fully saturated rings. The maximum absolute atomic E-state index is 13.3. The van der Waals surface area contributed by atoms with Gasteiger partial charge in [0.25, 0.3) is 0 Å². The Morgan fingerprint density at radius 3 is 2.35 bits per heavy atom. The van der Waals surface area contributed by atoms with E-state index in [1.165, 1.54) is 4.90 Å². The predicted molar refractivity (Wildman–Crippen MR) is 143 cm³/mol. The number of aliphatic hydroxyl groups is 1. The Hall–Kier alpha value is -3.91. The van der Waals surface area contributed by atoms with Crippen molar-refractivity contribution in [1.29, 1.82) is 0 Å². The van der Waals surface area contributed by atoms with Crippen molar-refractivity contribution in [2.24, 2.45) is 5.92 Å². The van der Waals surface area contributed by atoms with Crippen molar-refractivity contribution in [3.05, 3.63) is 60.7 Å². The van der Waals surface area contributed by atoms with E-state index >= 15 is 0 Å². The summed E-state index contributed by atoms with van der Waals surface area (Å²) >= 11 is 0. The number of hydrogen-bond donors (Lipinski definition) is 2. The molecule has 1 unspecified atom stereocenters. The van der Waals surface area contributed by atoms with E-state index in [9.17, 15) is 19.5 Å². The van der Waals surface area contributed by atoms with Gasteiger partial charge < -0.3 is 24.8 Å². The molecule has 0 saturated carbocycles. The van der Waals surface area contributed by atoms with Crippen molar-refractivity contribution in [3.63, 3.8) is 0 Å². The van der Waals surface area contributed by atoms with Gasteiger partial charge in [0.05, 0.1) is 18.8 Å². The second kappa shape index (κ2) is 12.9. The molecule has 3 aromatic rings. The van der Waals surface area contributed by atoms with Crippen LogP contribution in [0.1, 0.15) is 34.1 Å². The van der Waals surface area contributed by atoms with Gasteiger partial charge in [0.2, 0.25) is 0 Å². The summed E-state index contributed by atoms with van der Waals surface area (Å²) in [5.41, 5.74) is 1.77. The number of rotatable bonds is 10. The topological polar surface area (TPSA) is 105 Å². The molecule has 0 aliphatic heterocycles. The van der Waals surface area contributed by atoms with Crippen LogP contribution in [0.25, 0.3) is 21.9 Å². The number of nitrogens with zero attached hydrogens (tertiary/aromatic N) is 1. The van der Waals surface area contributed by atoms with E-state index in [4.69, 9.17) is 9.47 Å². The Morgan fingerprint density at radius 2 is 1.68 bits per heavy atom. The molecule has 2 N–H and O–H groups in total. The summed E-state index contributed by atoms with van der Waals surface area (Å²) in [6.07, 6.45) is -1.32. The highest BCUT2D eigenvalue weighted by Crippen LogP contribution is 2.38. The highest BCUT2D eigenvalue weighted by atomic mass is 16.5. The summed E-state index contributed by atoms with van der Waals surface area (Å²) in [6.45, 7) is 7.36. The normalized spacial score (nSPS) is 11.7. The lowest BCUT2D eigenvalue weighted by atomic mass is 10.00. The molecule has 0 saturated heterocycles. The van der Waals surface area contributed by atoms with Crippen LogP contribution in [0.4, 0.5) is 10.5 Å². The Bertz CT molecular complexity index is 1260. The Kier molecular flexibility index (Phi) is 9.63. The highest BCUT2D eigenvalue weighted by molar-refractivity contribution is 5.96. The van der Waals surface area contributed by atoms with Gasteiger partial charge in [-0.05, 0) is 41.3 Å². The summed E-state index contributed by atoms with van der Waals surface area (Å²) in [4.78, 5) is 39.0. The van der Waals surface area contributed by atoms with E-state index in [2.05, 4.69) is 5.32 Å². The number of carbonyl (C=O) groups is 3. The van der Waals surface area contributed by atoms with Gasteiger partial charge in [0, 0.05) is 18.5 Å². The molecule has 0 bridgehead atoms. The fourth-order valence-corrected chi connectivity index (χ4v) is 3.91. The van der Waals surface area contributed by atoms with Gasteiger partial charge in [-0.25, -0.2) is 9.59 Å². The lowest BCUT2D eigenvalue weighted by molar-refractivity contribution is -0.153. The molecule has 37 heavy (non-hydrogen) atoms. The molecule has 3 rings (SSSR count). The van der Waals surface area contributed by atoms with Crippen LogP contribution in [-0.4, -0.2) is 53.8 Å². The van der Waals surface area contributed by atoms with Crippen molar-refractivity contribution in [2.75, 3.05) is 25.0 Å². The second-order valence-corrected chi connectivity index (χ2v) is 9.07. The number of fused-ring (bicyclic) bond motifs is 1. The molecule has 8 heteroatoms. The first-order chi connectivity index (χ1) is 17.7. The largest absolute Gasteiger partial charge is 0.464 e. The Balaban J connectivity index is 1.97. The lowest BCUT2D eigenvalue weighted by Gasteiger charge is -2.27. The maximum Gasteiger partial charge on any atom is 0.336 e. The van der Waals surface area contributed by atoms with Crippen LogP contribution in [0.3, 0.4) is 0 Å². The van der Waals surface area contributed by atoms with Gasteiger partial charge in [-0.2, -0.15) is 0 Å². The van der Waals surface area contributed by atoms with Crippen molar-refractivity contribution in [2.45, 2.75) is 40.2 Å². The fraction of sp³-hybridized carbons (Fsp3) is 0.345. The van der Waals surface area contributed by atoms with Gasteiger partial charge in [0.1, 0.15) is 0 Å². The van der Waals surface area contributed by atoms with Gasteiger partial charge in [0.15, 0.2) is 11.9 Å². The number of esters is 2. The van der Waals surface area contributed by atoms with Crippen LogP contribution < -0.4 is 10.1 Å². The average Bonchev–Trinajstić information content (AvgIpc) is 2.88. The predicted octanol–water partition coefficient (Wildman–Crippen LogP) is 5.24. The zero-order chi connectivity index (χ0) is 26.9. The van der Waals surface area contributed by atoms with Crippen LogP contribution in [-0.2, 0) is 14.3 Å². The summed E-state index contributed by atoms with van der Waals surface area (Å²) in [7, 11) is 0. The zero-order valence-electron chi connectivity index (χ0n) is 21.7. The molecule has 2 amide bonds. The summed E-state index contributed by atoms with van der Waals surface area (Å²) in [6, 6.07) is 18.6. The number of anilines is 1. The smallest absolute Gasteiger partial charge is 0.336 e. The maximum atomic E-state index is 13.3. The van der Waals surface area contributed by atoms with Crippen molar-refractivity contribution in [1.82, 2.24) is 4.90 Å². The van der Waals surface area contributed by atoms with Gasteiger partial charge in [-0.15, -0.1) is 0 Å². The number of urea groups is 1. The number of nitrogens with one attached hydrogen (secondary N) is 1. The number of ether oxygens (including phenoxy) is 2. The number of hydrogen-bond acceptors (Lipinski definition) is 6. The first-order valence-electron chi connectivity index (χ1n) is 12.5. The molecular weight excluding hydrogens is 472 g/mol. The van der Waals surface area contributed by atoms with Crippen molar-refractivity contribution < 1.29 is 29.0 Å². The number of para-hydroxylation sites is 1. The van der Waals surface area contributed by atoms with E-state index < -0.39 is 24.1 Å². The van der Waals surface area contributed by atoms with Gasteiger partial charge in [-0.1, -0.05) is 69.3 Å². The number of amides is 2. The van der Waals surface area contributed by atoms with Crippen LogP contribution in [0.2, 0.25) is 0 Å². The Labute approximate surface area is 217 Å². The van der Waals surface area contributed by atoms with Gasteiger partial charge in [-0.3, -0.25) is 4.79 Å². The number of carbonyl (C=O) groups excluding carboxylic acids is 3. The molecule has 1 atom stereocenters. The summed E-state index contributed by atoms with van der Waals surface area (Å²) in [5.74, 6) is -0.935. The molecule has 0 spiro atoms. The van der Waals surface area contributed by atoms with Gasteiger partial charge >= 0.3 is 18.0 Å². The third-order valence-corrected chi connectivity index (χ3v) is 5.65. The van der Waals surface area contributed by atoms with Crippen LogP contribution in [0.5, 0.6) is 5.75 Å². The molecule has 0 aromatic heterocycles. The van der Waals surface area contributed by atoms with E-state index in [1.54, 1.807) is 26.0 Å².